The number of carbonyl (C=O) groups is 2. The highest BCUT2D eigenvalue weighted by atomic mass is 32.1. The summed E-state index contributed by atoms with van der Waals surface area (Å²) in [5.41, 5.74) is 1.04. The summed E-state index contributed by atoms with van der Waals surface area (Å²) >= 11 is 1.65. The molecule has 3 rings (SSSR count). The first-order valence-electron chi connectivity index (χ1n) is 7.36. The van der Waals surface area contributed by atoms with E-state index in [1.54, 1.807) is 16.2 Å². The molecular formula is C14H20N4O2S. The highest BCUT2D eigenvalue weighted by molar-refractivity contribution is 7.13. The van der Waals surface area contributed by atoms with Crippen LogP contribution in [0.25, 0.3) is 0 Å². The zero-order valence-corrected chi connectivity index (χ0v) is 13.1. The first-order valence-corrected chi connectivity index (χ1v) is 8.24. The Morgan fingerprint density at radius 1 is 1.29 bits per heavy atom. The van der Waals surface area contributed by atoms with Gasteiger partial charge in [-0.3, -0.25) is 9.59 Å². The van der Waals surface area contributed by atoms with Crippen molar-refractivity contribution in [3.8, 4) is 0 Å². The van der Waals surface area contributed by atoms with Gasteiger partial charge in [0.15, 0.2) is 5.13 Å². The first-order chi connectivity index (χ1) is 10.1. The third-order valence-corrected chi connectivity index (χ3v) is 5.03. The Kier molecular flexibility index (Phi) is 4.10. The Hall–Kier alpha value is -1.63. The van der Waals surface area contributed by atoms with Crippen LogP contribution in [0, 0.1) is 6.92 Å². The average Bonchev–Trinajstić information content (AvgIpc) is 3.08. The van der Waals surface area contributed by atoms with Gasteiger partial charge >= 0.3 is 0 Å². The Bertz CT molecular complexity index is 537. The molecule has 0 radical (unpaired) electrons. The highest BCUT2D eigenvalue weighted by Gasteiger charge is 2.27. The van der Waals surface area contributed by atoms with Gasteiger partial charge in [-0.1, -0.05) is 0 Å². The number of rotatable bonds is 3. The predicted molar refractivity (Wildman–Crippen MR) is 81.5 cm³/mol. The molecule has 3 heterocycles. The van der Waals surface area contributed by atoms with Gasteiger partial charge in [0.2, 0.25) is 11.8 Å². The summed E-state index contributed by atoms with van der Waals surface area (Å²) in [4.78, 5) is 34.1. The molecule has 0 unspecified atom stereocenters. The van der Waals surface area contributed by atoms with Crippen molar-refractivity contribution in [1.29, 1.82) is 0 Å². The standard InChI is InChI=1S/C14H20N4O2S/c1-11-10-21-14(15-11)17-7-5-16(6-8-17)13(20)9-18-4-2-3-12(18)19/h10H,2-9H2,1H3. The Balaban J connectivity index is 1.51. The molecule has 1 aromatic rings. The van der Waals surface area contributed by atoms with Gasteiger partial charge in [-0.25, -0.2) is 4.98 Å². The average molecular weight is 308 g/mol. The van der Waals surface area contributed by atoms with Crippen LogP contribution >= 0.6 is 11.3 Å². The van der Waals surface area contributed by atoms with Crippen LogP contribution in [0.4, 0.5) is 5.13 Å². The van der Waals surface area contributed by atoms with Gasteiger partial charge in [0.1, 0.15) is 0 Å². The topological polar surface area (TPSA) is 56.8 Å². The number of hydrogen-bond donors (Lipinski definition) is 0. The maximum atomic E-state index is 12.2. The van der Waals surface area contributed by atoms with E-state index in [0.29, 0.717) is 19.5 Å². The maximum absolute atomic E-state index is 12.2. The number of aryl methyl sites for hydroxylation is 1. The second-order valence-corrected chi connectivity index (χ2v) is 6.39. The van der Waals surface area contributed by atoms with E-state index in [2.05, 4.69) is 9.88 Å². The molecular weight excluding hydrogens is 288 g/mol. The van der Waals surface area contributed by atoms with Gasteiger partial charge in [-0.05, 0) is 13.3 Å². The molecule has 0 bridgehead atoms. The minimum Gasteiger partial charge on any atom is -0.345 e. The van der Waals surface area contributed by atoms with Crippen LogP contribution in [-0.4, -0.2) is 65.9 Å². The van der Waals surface area contributed by atoms with Crippen molar-refractivity contribution in [3.63, 3.8) is 0 Å². The van der Waals surface area contributed by atoms with Gasteiger partial charge < -0.3 is 14.7 Å². The quantitative estimate of drug-likeness (QED) is 0.826. The van der Waals surface area contributed by atoms with E-state index < -0.39 is 0 Å². The molecule has 2 saturated heterocycles. The number of aromatic nitrogens is 1. The van der Waals surface area contributed by atoms with E-state index in [1.165, 1.54) is 0 Å². The lowest BCUT2D eigenvalue weighted by Gasteiger charge is -2.35. The summed E-state index contributed by atoms with van der Waals surface area (Å²) in [5.74, 6) is 0.181. The smallest absolute Gasteiger partial charge is 0.242 e. The van der Waals surface area contributed by atoms with Crippen molar-refractivity contribution >= 4 is 28.3 Å². The SMILES string of the molecule is Cc1csc(N2CCN(C(=O)CN3CCCC3=O)CC2)n1. The van der Waals surface area contributed by atoms with Crippen molar-refractivity contribution in [3.05, 3.63) is 11.1 Å². The molecule has 2 aliphatic heterocycles. The number of amides is 2. The second-order valence-electron chi connectivity index (χ2n) is 5.56. The molecule has 21 heavy (non-hydrogen) atoms. The Labute approximate surface area is 128 Å². The van der Waals surface area contributed by atoms with Crippen molar-refractivity contribution in [1.82, 2.24) is 14.8 Å². The molecule has 0 aliphatic carbocycles. The van der Waals surface area contributed by atoms with E-state index in [-0.39, 0.29) is 18.4 Å². The van der Waals surface area contributed by atoms with Crippen molar-refractivity contribution in [2.45, 2.75) is 19.8 Å². The summed E-state index contributed by atoms with van der Waals surface area (Å²) in [5, 5.41) is 3.08. The summed E-state index contributed by atoms with van der Waals surface area (Å²) in [6, 6.07) is 0. The summed E-state index contributed by atoms with van der Waals surface area (Å²) in [6.45, 7) is 6.00. The van der Waals surface area contributed by atoms with E-state index >= 15 is 0 Å². The van der Waals surface area contributed by atoms with Crippen LogP contribution < -0.4 is 4.90 Å². The van der Waals surface area contributed by atoms with Crippen molar-refractivity contribution in [2.75, 3.05) is 44.2 Å². The zero-order chi connectivity index (χ0) is 14.8. The number of carbonyl (C=O) groups excluding carboxylic acids is 2. The Morgan fingerprint density at radius 2 is 2.05 bits per heavy atom. The molecule has 2 fully saturated rings. The van der Waals surface area contributed by atoms with Gasteiger partial charge in [0, 0.05) is 44.5 Å². The lowest BCUT2D eigenvalue weighted by atomic mass is 10.3. The van der Waals surface area contributed by atoms with E-state index in [4.69, 9.17) is 0 Å². The lowest BCUT2D eigenvalue weighted by molar-refractivity contribution is -0.138. The minimum atomic E-state index is 0.0696. The lowest BCUT2D eigenvalue weighted by Crippen LogP contribution is -2.51. The van der Waals surface area contributed by atoms with Crippen LogP contribution in [0.2, 0.25) is 0 Å². The van der Waals surface area contributed by atoms with E-state index in [1.807, 2.05) is 17.2 Å². The molecule has 0 saturated carbocycles. The predicted octanol–water partition coefficient (Wildman–Crippen LogP) is 0.723. The normalized spacial score (nSPS) is 19.5. The third kappa shape index (κ3) is 3.18. The molecule has 2 amide bonds. The monoisotopic (exact) mass is 308 g/mol. The summed E-state index contributed by atoms with van der Waals surface area (Å²) in [7, 11) is 0. The molecule has 0 spiro atoms. The second kappa shape index (κ2) is 6.01. The minimum absolute atomic E-state index is 0.0696. The molecule has 0 N–H and O–H groups in total. The number of likely N-dealkylation sites (tertiary alicyclic amines) is 1. The molecule has 7 heteroatoms. The van der Waals surface area contributed by atoms with Crippen LogP contribution in [0.1, 0.15) is 18.5 Å². The fourth-order valence-corrected chi connectivity index (χ4v) is 3.63. The molecule has 0 atom stereocenters. The third-order valence-electron chi connectivity index (χ3n) is 4.01. The fraction of sp³-hybridized carbons (Fsp3) is 0.643. The number of anilines is 1. The van der Waals surface area contributed by atoms with Gasteiger partial charge in [0.25, 0.3) is 0 Å². The molecule has 114 valence electrons. The summed E-state index contributed by atoms with van der Waals surface area (Å²) in [6.07, 6.45) is 1.47. The highest BCUT2D eigenvalue weighted by Crippen LogP contribution is 2.21. The molecule has 0 aromatic carbocycles. The van der Waals surface area contributed by atoms with Crippen molar-refractivity contribution in [2.24, 2.45) is 0 Å². The van der Waals surface area contributed by atoms with Crippen molar-refractivity contribution < 1.29 is 9.59 Å². The van der Waals surface area contributed by atoms with E-state index in [9.17, 15) is 9.59 Å². The molecule has 1 aromatic heterocycles. The maximum Gasteiger partial charge on any atom is 0.242 e. The molecule has 2 aliphatic rings. The fourth-order valence-electron chi connectivity index (χ4n) is 2.77. The number of nitrogens with zero attached hydrogens (tertiary/aromatic N) is 4. The summed E-state index contributed by atoms with van der Waals surface area (Å²) < 4.78 is 0. The van der Waals surface area contributed by atoms with Crippen LogP contribution in [0.5, 0.6) is 0 Å². The van der Waals surface area contributed by atoms with Gasteiger partial charge in [-0.15, -0.1) is 11.3 Å². The number of hydrogen-bond acceptors (Lipinski definition) is 5. The van der Waals surface area contributed by atoms with Gasteiger partial charge in [0.05, 0.1) is 12.2 Å². The number of thiazole rings is 1. The van der Waals surface area contributed by atoms with Crippen LogP contribution in [-0.2, 0) is 9.59 Å². The Morgan fingerprint density at radius 3 is 2.62 bits per heavy atom. The number of piperazine rings is 1. The van der Waals surface area contributed by atoms with E-state index in [0.717, 1.165) is 36.9 Å². The zero-order valence-electron chi connectivity index (χ0n) is 12.2. The van der Waals surface area contributed by atoms with Crippen LogP contribution in [0.15, 0.2) is 5.38 Å². The van der Waals surface area contributed by atoms with Crippen LogP contribution in [0.3, 0.4) is 0 Å². The molecule has 6 nitrogen and oxygen atoms in total. The largest absolute Gasteiger partial charge is 0.345 e. The first kappa shape index (κ1) is 14.3. The van der Waals surface area contributed by atoms with Gasteiger partial charge in [-0.2, -0.15) is 0 Å².